The van der Waals surface area contributed by atoms with Crippen LogP contribution in [0.3, 0.4) is 0 Å². The summed E-state index contributed by atoms with van der Waals surface area (Å²) < 4.78 is 5.26. The third-order valence-corrected chi connectivity index (χ3v) is 3.86. The fourth-order valence-corrected chi connectivity index (χ4v) is 2.33. The average molecular weight is 241 g/mol. The minimum absolute atomic E-state index is 0.0571. The Balaban J connectivity index is 1.87. The first-order valence-electron chi connectivity index (χ1n) is 6.33. The van der Waals surface area contributed by atoms with E-state index in [1.807, 2.05) is 4.90 Å². The molecule has 1 N–H and O–H groups in total. The third kappa shape index (κ3) is 2.90. The van der Waals surface area contributed by atoms with E-state index in [4.69, 9.17) is 4.74 Å². The topological polar surface area (TPSA) is 44.8 Å². The number of hydrogen-bond donors (Lipinski definition) is 1. The summed E-state index contributed by atoms with van der Waals surface area (Å²) in [6.45, 7) is 8.28. The molecule has 0 aromatic rings. The zero-order valence-corrected chi connectivity index (χ0v) is 11.0. The highest BCUT2D eigenvalue weighted by atomic mass is 16.5. The Labute approximate surface area is 103 Å². The monoisotopic (exact) mass is 241 g/mol. The molecule has 0 spiro atoms. The molecule has 0 aromatic heterocycles. The molecule has 2 aliphatic rings. The van der Waals surface area contributed by atoms with Crippen LogP contribution in [0.4, 0.5) is 4.79 Å². The number of ether oxygens (including phenoxy) is 1. The Morgan fingerprint density at radius 2 is 2.18 bits per heavy atom. The van der Waals surface area contributed by atoms with Crippen molar-refractivity contribution in [1.82, 2.24) is 15.1 Å². The lowest BCUT2D eigenvalue weighted by atomic mass is 10.00. The second kappa shape index (κ2) is 4.82. The highest BCUT2D eigenvalue weighted by Crippen LogP contribution is 2.19. The molecule has 2 amide bonds. The second-order valence-corrected chi connectivity index (χ2v) is 5.67. The van der Waals surface area contributed by atoms with E-state index < -0.39 is 0 Å². The lowest BCUT2D eigenvalue weighted by molar-refractivity contribution is 0.0560. The summed E-state index contributed by atoms with van der Waals surface area (Å²) in [5, 5.41) is 3.04. The van der Waals surface area contributed by atoms with Crippen molar-refractivity contribution in [1.29, 1.82) is 0 Å². The zero-order valence-electron chi connectivity index (χ0n) is 11.0. The molecule has 1 unspecified atom stereocenters. The van der Waals surface area contributed by atoms with Crippen LogP contribution in [-0.4, -0.2) is 67.3 Å². The first-order chi connectivity index (χ1) is 7.99. The number of amides is 2. The number of nitrogens with zero attached hydrogens (tertiary/aromatic N) is 2. The summed E-state index contributed by atoms with van der Waals surface area (Å²) in [5.41, 5.74) is 0.0573. The van der Waals surface area contributed by atoms with Crippen molar-refractivity contribution in [2.24, 2.45) is 0 Å². The van der Waals surface area contributed by atoms with Crippen LogP contribution in [0.15, 0.2) is 0 Å². The maximum absolute atomic E-state index is 12.1. The van der Waals surface area contributed by atoms with Gasteiger partial charge in [0.25, 0.3) is 0 Å². The van der Waals surface area contributed by atoms with E-state index >= 15 is 0 Å². The minimum Gasteiger partial charge on any atom is -0.379 e. The normalized spacial score (nSPS) is 29.4. The number of likely N-dealkylation sites (N-methyl/N-ethyl adjacent to an activating group) is 1. The van der Waals surface area contributed by atoms with Crippen molar-refractivity contribution in [3.8, 4) is 0 Å². The van der Waals surface area contributed by atoms with Crippen molar-refractivity contribution < 1.29 is 9.53 Å². The predicted molar refractivity (Wildman–Crippen MR) is 66.0 cm³/mol. The number of rotatable bonds is 1. The van der Waals surface area contributed by atoms with Gasteiger partial charge >= 0.3 is 6.03 Å². The Bertz CT molecular complexity index is 287. The number of piperazine rings is 1. The fourth-order valence-electron chi connectivity index (χ4n) is 2.33. The van der Waals surface area contributed by atoms with Crippen LogP contribution in [0, 0.1) is 0 Å². The third-order valence-electron chi connectivity index (χ3n) is 3.86. The van der Waals surface area contributed by atoms with Crippen LogP contribution >= 0.6 is 0 Å². The Morgan fingerprint density at radius 1 is 1.41 bits per heavy atom. The number of carbonyl (C=O) groups is 1. The Morgan fingerprint density at radius 3 is 2.76 bits per heavy atom. The fraction of sp³-hybridized carbons (Fsp3) is 0.917. The van der Waals surface area contributed by atoms with Crippen LogP contribution in [0.1, 0.15) is 20.3 Å². The molecule has 5 nitrogen and oxygen atoms in total. The van der Waals surface area contributed by atoms with E-state index in [-0.39, 0.29) is 17.6 Å². The molecular weight excluding hydrogens is 218 g/mol. The molecule has 17 heavy (non-hydrogen) atoms. The van der Waals surface area contributed by atoms with E-state index in [0.29, 0.717) is 6.61 Å². The summed E-state index contributed by atoms with van der Waals surface area (Å²) >= 11 is 0. The lowest BCUT2D eigenvalue weighted by Gasteiger charge is -2.45. The van der Waals surface area contributed by atoms with Crippen LogP contribution in [-0.2, 0) is 4.74 Å². The zero-order chi connectivity index (χ0) is 12.5. The van der Waals surface area contributed by atoms with Crippen molar-refractivity contribution in [2.75, 3.05) is 39.9 Å². The summed E-state index contributed by atoms with van der Waals surface area (Å²) in [4.78, 5) is 16.3. The van der Waals surface area contributed by atoms with E-state index in [2.05, 4.69) is 31.1 Å². The molecule has 2 saturated heterocycles. The molecular formula is C12H23N3O2. The van der Waals surface area contributed by atoms with E-state index in [0.717, 1.165) is 32.7 Å². The number of carbonyl (C=O) groups excluding carboxylic acids is 1. The molecule has 5 heteroatoms. The maximum atomic E-state index is 12.1. The van der Waals surface area contributed by atoms with Gasteiger partial charge in [-0.15, -0.1) is 0 Å². The molecule has 98 valence electrons. The van der Waals surface area contributed by atoms with Gasteiger partial charge in [-0.1, -0.05) is 0 Å². The first kappa shape index (κ1) is 12.6. The van der Waals surface area contributed by atoms with Gasteiger partial charge in [-0.25, -0.2) is 4.79 Å². The predicted octanol–water partition coefficient (Wildman–Crippen LogP) is 0.511. The van der Waals surface area contributed by atoms with Gasteiger partial charge in [-0.3, -0.25) is 4.90 Å². The van der Waals surface area contributed by atoms with Crippen LogP contribution in [0.2, 0.25) is 0 Å². The van der Waals surface area contributed by atoms with Crippen molar-refractivity contribution in [3.63, 3.8) is 0 Å². The average Bonchev–Trinajstić information content (AvgIpc) is 2.74. The maximum Gasteiger partial charge on any atom is 0.317 e. The molecule has 0 aliphatic carbocycles. The SMILES string of the molecule is CN1CCN(C(=O)NC2CCOC2)CC1(C)C. The largest absolute Gasteiger partial charge is 0.379 e. The van der Waals surface area contributed by atoms with E-state index in [9.17, 15) is 4.79 Å². The smallest absolute Gasteiger partial charge is 0.317 e. The Hall–Kier alpha value is -0.810. The molecule has 0 radical (unpaired) electrons. The second-order valence-electron chi connectivity index (χ2n) is 5.67. The molecule has 2 rings (SSSR count). The van der Waals surface area contributed by atoms with Gasteiger partial charge < -0.3 is 15.0 Å². The van der Waals surface area contributed by atoms with Crippen LogP contribution in [0.5, 0.6) is 0 Å². The summed E-state index contributed by atoms with van der Waals surface area (Å²) in [6.07, 6.45) is 0.933. The van der Waals surface area contributed by atoms with Gasteiger partial charge in [0.2, 0.25) is 0 Å². The molecule has 2 heterocycles. The van der Waals surface area contributed by atoms with Crippen molar-refractivity contribution in [3.05, 3.63) is 0 Å². The molecule has 0 aromatic carbocycles. The number of urea groups is 1. The van der Waals surface area contributed by atoms with E-state index in [1.54, 1.807) is 0 Å². The number of nitrogens with one attached hydrogen (secondary N) is 1. The number of hydrogen-bond acceptors (Lipinski definition) is 3. The van der Waals surface area contributed by atoms with Crippen molar-refractivity contribution >= 4 is 6.03 Å². The minimum atomic E-state index is 0.0571. The summed E-state index contributed by atoms with van der Waals surface area (Å²) in [6, 6.07) is 0.256. The molecule has 0 bridgehead atoms. The van der Waals surface area contributed by atoms with Crippen LogP contribution < -0.4 is 5.32 Å². The highest BCUT2D eigenvalue weighted by Gasteiger charge is 2.33. The quantitative estimate of drug-likeness (QED) is 0.727. The lowest BCUT2D eigenvalue weighted by Crippen LogP contribution is -2.61. The van der Waals surface area contributed by atoms with Crippen molar-refractivity contribution in [2.45, 2.75) is 31.8 Å². The Kier molecular flexibility index (Phi) is 3.58. The van der Waals surface area contributed by atoms with Gasteiger partial charge in [0.15, 0.2) is 0 Å². The standard InChI is InChI=1S/C12H23N3O2/c1-12(2)9-15(6-5-14(12)3)11(16)13-10-4-7-17-8-10/h10H,4-9H2,1-3H3,(H,13,16). The van der Waals surface area contributed by atoms with Gasteiger partial charge in [-0.05, 0) is 27.3 Å². The molecule has 0 saturated carbocycles. The first-order valence-corrected chi connectivity index (χ1v) is 6.33. The van der Waals surface area contributed by atoms with Gasteiger partial charge in [0.05, 0.1) is 12.6 Å². The van der Waals surface area contributed by atoms with E-state index in [1.165, 1.54) is 0 Å². The molecule has 2 aliphatic heterocycles. The molecule has 2 fully saturated rings. The van der Waals surface area contributed by atoms with Gasteiger partial charge in [0, 0.05) is 31.8 Å². The summed E-state index contributed by atoms with van der Waals surface area (Å²) in [5.74, 6) is 0. The van der Waals surface area contributed by atoms with Gasteiger partial charge in [-0.2, -0.15) is 0 Å². The summed E-state index contributed by atoms with van der Waals surface area (Å²) in [7, 11) is 2.11. The van der Waals surface area contributed by atoms with Gasteiger partial charge in [0.1, 0.15) is 0 Å². The van der Waals surface area contributed by atoms with Crippen LogP contribution in [0.25, 0.3) is 0 Å². The highest BCUT2D eigenvalue weighted by molar-refractivity contribution is 5.74. The molecule has 1 atom stereocenters.